The highest BCUT2D eigenvalue weighted by Gasteiger charge is 2.32. The zero-order valence-electron chi connectivity index (χ0n) is 14.1. The quantitative estimate of drug-likeness (QED) is 0.841. The third-order valence-electron chi connectivity index (χ3n) is 5.06. The van der Waals surface area contributed by atoms with Gasteiger partial charge in [0, 0.05) is 18.6 Å². The first kappa shape index (κ1) is 15.7. The number of piperidine rings is 1. The van der Waals surface area contributed by atoms with Gasteiger partial charge in [-0.05, 0) is 48.2 Å². The van der Waals surface area contributed by atoms with Gasteiger partial charge < -0.3 is 5.32 Å². The number of hydrogen-bond donors (Lipinski definition) is 1. The summed E-state index contributed by atoms with van der Waals surface area (Å²) in [6.45, 7) is 3.86. The predicted molar refractivity (Wildman–Crippen MR) is 92.4 cm³/mol. The lowest BCUT2D eigenvalue weighted by molar-refractivity contribution is 0.201. The molecule has 2 aromatic rings. The minimum absolute atomic E-state index is 0.623. The first-order valence-corrected chi connectivity index (χ1v) is 9.15. The summed E-state index contributed by atoms with van der Waals surface area (Å²) in [5.74, 6) is 0.974. The van der Waals surface area contributed by atoms with E-state index in [-0.39, 0.29) is 0 Å². The Morgan fingerprint density at radius 1 is 1.12 bits per heavy atom. The molecule has 1 N–H and O–H groups in total. The zero-order chi connectivity index (χ0) is 16.2. The molecule has 128 valence electrons. The highest BCUT2D eigenvalue weighted by Crippen LogP contribution is 2.28. The summed E-state index contributed by atoms with van der Waals surface area (Å²) in [7, 11) is 0. The summed E-state index contributed by atoms with van der Waals surface area (Å²) in [5, 5.41) is 16.1. The first-order chi connectivity index (χ1) is 11.9. The van der Waals surface area contributed by atoms with Crippen LogP contribution in [0.15, 0.2) is 30.3 Å². The molecule has 1 aliphatic carbocycles. The topological polar surface area (TPSA) is 58.9 Å². The van der Waals surface area contributed by atoms with E-state index in [1.807, 2.05) is 10.7 Å². The van der Waals surface area contributed by atoms with Gasteiger partial charge in [0.25, 0.3) is 0 Å². The van der Waals surface area contributed by atoms with Crippen molar-refractivity contribution in [1.82, 2.24) is 30.4 Å². The minimum Gasteiger partial charge on any atom is -0.313 e. The van der Waals surface area contributed by atoms with Crippen LogP contribution in [0.1, 0.15) is 43.5 Å². The third-order valence-corrected chi connectivity index (χ3v) is 5.06. The number of aromatic nitrogens is 4. The molecule has 2 heterocycles. The van der Waals surface area contributed by atoms with Crippen LogP contribution in [0, 0.1) is 0 Å². The number of tetrazole rings is 1. The van der Waals surface area contributed by atoms with Gasteiger partial charge in [-0.25, -0.2) is 4.68 Å². The summed E-state index contributed by atoms with van der Waals surface area (Å²) in [4.78, 5) is 2.58. The van der Waals surface area contributed by atoms with Crippen LogP contribution in [0.5, 0.6) is 0 Å². The molecule has 0 amide bonds. The normalized spacial score (nSPS) is 21.3. The van der Waals surface area contributed by atoms with E-state index >= 15 is 0 Å². The van der Waals surface area contributed by atoms with Gasteiger partial charge in [0.05, 0.1) is 13.1 Å². The minimum atomic E-state index is 0.623. The SMILES string of the molecule is c1ccc(Cn2nnnc2CN(CC2CCCCN2)C2CC2)cc1. The van der Waals surface area contributed by atoms with Crippen molar-refractivity contribution in [2.75, 3.05) is 13.1 Å². The molecule has 0 spiro atoms. The fourth-order valence-electron chi connectivity index (χ4n) is 3.54. The van der Waals surface area contributed by atoms with Gasteiger partial charge in [0.15, 0.2) is 5.82 Å². The van der Waals surface area contributed by atoms with Crippen LogP contribution in [0.4, 0.5) is 0 Å². The summed E-state index contributed by atoms with van der Waals surface area (Å²) in [6.07, 6.45) is 6.58. The molecule has 6 nitrogen and oxygen atoms in total. The van der Waals surface area contributed by atoms with Crippen molar-refractivity contribution in [3.05, 3.63) is 41.7 Å². The monoisotopic (exact) mass is 326 g/mol. The molecule has 1 aliphatic heterocycles. The van der Waals surface area contributed by atoms with Crippen LogP contribution in [0.2, 0.25) is 0 Å². The molecular weight excluding hydrogens is 300 g/mol. The van der Waals surface area contributed by atoms with Crippen molar-refractivity contribution in [2.24, 2.45) is 0 Å². The maximum absolute atomic E-state index is 4.30. The number of nitrogens with zero attached hydrogens (tertiary/aromatic N) is 5. The Hall–Kier alpha value is -1.79. The number of nitrogens with one attached hydrogen (secondary N) is 1. The van der Waals surface area contributed by atoms with Crippen LogP contribution in [-0.2, 0) is 13.1 Å². The van der Waals surface area contributed by atoms with Gasteiger partial charge in [0.2, 0.25) is 0 Å². The van der Waals surface area contributed by atoms with E-state index in [2.05, 4.69) is 50.0 Å². The van der Waals surface area contributed by atoms with Gasteiger partial charge in [0.1, 0.15) is 0 Å². The Morgan fingerprint density at radius 2 is 2.00 bits per heavy atom. The average molecular weight is 326 g/mol. The van der Waals surface area contributed by atoms with Gasteiger partial charge in [-0.1, -0.05) is 36.8 Å². The molecule has 6 heteroatoms. The Labute approximate surface area is 143 Å². The molecule has 1 saturated carbocycles. The summed E-state index contributed by atoms with van der Waals surface area (Å²) in [5.41, 5.74) is 1.23. The molecule has 1 atom stereocenters. The van der Waals surface area contributed by atoms with Gasteiger partial charge in [-0.15, -0.1) is 5.10 Å². The molecule has 1 aromatic heterocycles. The third kappa shape index (κ3) is 3.99. The Kier molecular flexibility index (Phi) is 4.85. The molecule has 4 rings (SSSR count). The molecule has 1 unspecified atom stereocenters. The number of hydrogen-bond acceptors (Lipinski definition) is 5. The van der Waals surface area contributed by atoms with Crippen LogP contribution in [0.3, 0.4) is 0 Å². The lowest BCUT2D eigenvalue weighted by Gasteiger charge is -2.30. The van der Waals surface area contributed by atoms with Crippen molar-refractivity contribution >= 4 is 0 Å². The van der Waals surface area contributed by atoms with Crippen LogP contribution in [0.25, 0.3) is 0 Å². The second kappa shape index (κ2) is 7.40. The van der Waals surface area contributed by atoms with E-state index in [1.54, 1.807) is 0 Å². The molecule has 0 bridgehead atoms. The van der Waals surface area contributed by atoms with Crippen molar-refractivity contribution in [3.8, 4) is 0 Å². The fraction of sp³-hybridized carbons (Fsp3) is 0.611. The largest absolute Gasteiger partial charge is 0.313 e. The molecule has 1 saturated heterocycles. The average Bonchev–Trinajstić information content (AvgIpc) is 3.39. The van der Waals surface area contributed by atoms with E-state index in [4.69, 9.17) is 0 Å². The van der Waals surface area contributed by atoms with Crippen molar-refractivity contribution in [2.45, 2.75) is 57.3 Å². The molecule has 24 heavy (non-hydrogen) atoms. The standard InChI is InChI=1S/C18H26N6/c1-2-6-15(7-3-1)12-24-18(20-21-22-24)14-23(17-9-10-17)13-16-8-4-5-11-19-16/h1-3,6-7,16-17,19H,4-5,8-14H2. The van der Waals surface area contributed by atoms with Crippen LogP contribution >= 0.6 is 0 Å². The van der Waals surface area contributed by atoms with Gasteiger partial charge in [-0.2, -0.15) is 0 Å². The maximum atomic E-state index is 4.30. The number of benzene rings is 1. The molecule has 1 aromatic carbocycles. The highest BCUT2D eigenvalue weighted by molar-refractivity contribution is 5.15. The van der Waals surface area contributed by atoms with Crippen molar-refractivity contribution in [1.29, 1.82) is 0 Å². The lowest BCUT2D eigenvalue weighted by Crippen LogP contribution is -2.44. The van der Waals surface area contributed by atoms with Crippen LogP contribution < -0.4 is 5.32 Å². The second-order valence-corrected chi connectivity index (χ2v) is 7.05. The van der Waals surface area contributed by atoms with Gasteiger partial charge >= 0.3 is 0 Å². The van der Waals surface area contributed by atoms with Gasteiger partial charge in [-0.3, -0.25) is 4.90 Å². The number of rotatable bonds is 7. The predicted octanol–water partition coefficient (Wildman–Crippen LogP) is 1.83. The second-order valence-electron chi connectivity index (χ2n) is 7.05. The van der Waals surface area contributed by atoms with E-state index in [9.17, 15) is 0 Å². The summed E-state index contributed by atoms with van der Waals surface area (Å²) < 4.78 is 1.94. The summed E-state index contributed by atoms with van der Waals surface area (Å²) in [6, 6.07) is 11.7. The molecule has 2 aliphatic rings. The van der Waals surface area contributed by atoms with Crippen molar-refractivity contribution in [3.63, 3.8) is 0 Å². The maximum Gasteiger partial charge on any atom is 0.165 e. The van der Waals surface area contributed by atoms with E-state index < -0.39 is 0 Å². The molecule has 2 fully saturated rings. The van der Waals surface area contributed by atoms with Crippen molar-refractivity contribution < 1.29 is 0 Å². The smallest absolute Gasteiger partial charge is 0.165 e. The molecule has 0 radical (unpaired) electrons. The van der Waals surface area contributed by atoms with E-state index in [0.29, 0.717) is 6.04 Å². The Morgan fingerprint density at radius 3 is 2.75 bits per heavy atom. The molecular formula is C18H26N6. The van der Waals surface area contributed by atoms with E-state index in [1.165, 1.54) is 37.7 Å². The first-order valence-electron chi connectivity index (χ1n) is 9.15. The lowest BCUT2D eigenvalue weighted by atomic mass is 10.0. The van der Waals surface area contributed by atoms with Crippen LogP contribution in [-0.4, -0.2) is 50.3 Å². The Bertz CT molecular complexity index is 630. The highest BCUT2D eigenvalue weighted by atomic mass is 15.5. The summed E-state index contributed by atoms with van der Waals surface area (Å²) >= 11 is 0. The van der Waals surface area contributed by atoms with E-state index in [0.717, 1.165) is 38.0 Å². The fourth-order valence-corrected chi connectivity index (χ4v) is 3.54. The zero-order valence-corrected chi connectivity index (χ0v) is 14.1. The Balaban J connectivity index is 1.42.